The van der Waals surface area contributed by atoms with Gasteiger partial charge in [0.15, 0.2) is 0 Å². The molecule has 0 radical (unpaired) electrons. The molecular formula is C16H20Cl2N2O. The van der Waals surface area contributed by atoms with Gasteiger partial charge >= 0.3 is 0 Å². The van der Waals surface area contributed by atoms with E-state index < -0.39 is 4.33 Å². The van der Waals surface area contributed by atoms with E-state index >= 15 is 0 Å². The van der Waals surface area contributed by atoms with Crippen LogP contribution in [0.15, 0.2) is 24.3 Å². The van der Waals surface area contributed by atoms with Crippen LogP contribution in [0.25, 0.3) is 0 Å². The second-order valence-electron chi connectivity index (χ2n) is 6.04. The highest BCUT2D eigenvalue weighted by Crippen LogP contribution is 2.53. The van der Waals surface area contributed by atoms with Crippen molar-refractivity contribution in [2.75, 3.05) is 18.4 Å². The number of rotatable bonds is 4. The van der Waals surface area contributed by atoms with Crippen LogP contribution in [-0.2, 0) is 11.3 Å². The number of carbonyl (C=O) groups is 1. The van der Waals surface area contributed by atoms with Crippen LogP contribution in [0.3, 0.4) is 0 Å². The van der Waals surface area contributed by atoms with E-state index in [9.17, 15) is 4.79 Å². The molecule has 1 saturated heterocycles. The fourth-order valence-electron chi connectivity index (χ4n) is 2.85. The second-order valence-corrected chi connectivity index (χ2v) is 7.59. The number of nitrogens with zero attached hydrogens (tertiary/aromatic N) is 1. The molecule has 1 aromatic carbocycles. The molecule has 2 aliphatic rings. The van der Waals surface area contributed by atoms with Crippen molar-refractivity contribution in [3.05, 3.63) is 29.8 Å². The highest BCUT2D eigenvalue weighted by molar-refractivity contribution is 6.52. The minimum atomic E-state index is -0.866. The molecule has 1 N–H and O–H groups in total. The van der Waals surface area contributed by atoms with Crippen molar-refractivity contribution in [1.29, 1.82) is 0 Å². The Morgan fingerprint density at radius 1 is 1.29 bits per heavy atom. The van der Waals surface area contributed by atoms with Crippen molar-refractivity contribution in [3.63, 3.8) is 0 Å². The van der Waals surface area contributed by atoms with Crippen molar-refractivity contribution >= 4 is 34.8 Å². The number of carbonyl (C=O) groups excluding carboxylic acids is 1. The number of halogens is 2. The van der Waals surface area contributed by atoms with Crippen molar-refractivity contribution in [3.8, 4) is 0 Å². The van der Waals surface area contributed by atoms with E-state index in [4.69, 9.17) is 23.2 Å². The van der Waals surface area contributed by atoms with Crippen LogP contribution in [-0.4, -0.2) is 28.2 Å². The van der Waals surface area contributed by atoms with Gasteiger partial charge in [-0.2, -0.15) is 0 Å². The summed E-state index contributed by atoms with van der Waals surface area (Å²) in [4.78, 5) is 14.5. The van der Waals surface area contributed by atoms with Gasteiger partial charge < -0.3 is 5.32 Å². The predicted molar refractivity (Wildman–Crippen MR) is 86.7 cm³/mol. The lowest BCUT2D eigenvalue weighted by molar-refractivity contribution is -0.117. The summed E-state index contributed by atoms with van der Waals surface area (Å²) >= 11 is 11.9. The summed E-state index contributed by atoms with van der Waals surface area (Å²) in [6, 6.07) is 8.04. The smallest absolute Gasteiger partial charge is 0.230 e. The standard InChI is InChI=1S/C16H20Cl2N2O/c17-16(18)10-14(16)15(21)19-13-6-4-5-12(9-13)11-20-7-2-1-3-8-20/h4-6,9,14H,1-3,7-8,10-11H2,(H,19,21). The monoisotopic (exact) mass is 326 g/mol. The van der Waals surface area contributed by atoms with Gasteiger partial charge in [-0.1, -0.05) is 18.6 Å². The van der Waals surface area contributed by atoms with Crippen LogP contribution in [0.4, 0.5) is 5.69 Å². The van der Waals surface area contributed by atoms with Gasteiger partial charge in [0.2, 0.25) is 5.91 Å². The molecule has 3 nitrogen and oxygen atoms in total. The lowest BCUT2D eigenvalue weighted by Gasteiger charge is -2.26. The first-order chi connectivity index (χ1) is 10.0. The third kappa shape index (κ3) is 3.91. The molecule has 1 aromatic rings. The Hall–Kier alpha value is -0.770. The summed E-state index contributed by atoms with van der Waals surface area (Å²) in [5.41, 5.74) is 2.05. The molecule has 1 aliphatic heterocycles. The molecule has 1 heterocycles. The molecule has 5 heteroatoms. The van der Waals surface area contributed by atoms with Crippen LogP contribution in [0.2, 0.25) is 0 Å². The minimum absolute atomic E-state index is 0.0878. The maximum atomic E-state index is 12.0. The number of hydrogen-bond acceptors (Lipinski definition) is 2. The van der Waals surface area contributed by atoms with Gasteiger partial charge in [0.1, 0.15) is 4.33 Å². The third-order valence-corrected chi connectivity index (χ3v) is 5.03. The van der Waals surface area contributed by atoms with Gasteiger partial charge in [-0.15, -0.1) is 23.2 Å². The Bertz CT molecular complexity index is 527. The Kier molecular flexibility index (Phi) is 4.43. The zero-order valence-electron chi connectivity index (χ0n) is 11.9. The second kappa shape index (κ2) is 6.15. The van der Waals surface area contributed by atoms with E-state index in [1.807, 2.05) is 18.2 Å². The van der Waals surface area contributed by atoms with Gasteiger partial charge in [0, 0.05) is 12.2 Å². The van der Waals surface area contributed by atoms with Gasteiger partial charge in [-0.25, -0.2) is 0 Å². The normalized spacial score (nSPS) is 24.6. The molecule has 1 amide bonds. The first-order valence-corrected chi connectivity index (χ1v) is 8.30. The highest BCUT2D eigenvalue weighted by Gasteiger charge is 2.56. The number of nitrogens with one attached hydrogen (secondary N) is 1. The number of amides is 1. The average Bonchev–Trinajstić information content (AvgIpc) is 3.09. The first-order valence-electron chi connectivity index (χ1n) is 7.54. The number of alkyl halides is 2. The van der Waals surface area contributed by atoms with Crippen molar-refractivity contribution < 1.29 is 4.79 Å². The van der Waals surface area contributed by atoms with Crippen LogP contribution < -0.4 is 5.32 Å². The van der Waals surface area contributed by atoms with Crippen LogP contribution >= 0.6 is 23.2 Å². The number of hydrogen-bond donors (Lipinski definition) is 1. The molecule has 1 saturated carbocycles. The Balaban J connectivity index is 1.59. The van der Waals surface area contributed by atoms with Gasteiger partial charge in [0.25, 0.3) is 0 Å². The molecule has 2 fully saturated rings. The van der Waals surface area contributed by atoms with Crippen molar-refractivity contribution in [1.82, 2.24) is 4.90 Å². The van der Waals surface area contributed by atoms with Crippen LogP contribution in [0.5, 0.6) is 0 Å². The topological polar surface area (TPSA) is 32.3 Å². The summed E-state index contributed by atoms with van der Waals surface area (Å²) in [7, 11) is 0. The zero-order valence-corrected chi connectivity index (χ0v) is 13.5. The molecule has 3 rings (SSSR count). The van der Waals surface area contributed by atoms with Crippen molar-refractivity contribution in [2.45, 2.75) is 36.6 Å². The number of anilines is 1. The lowest BCUT2D eigenvalue weighted by Crippen LogP contribution is -2.29. The number of piperidine rings is 1. The molecule has 21 heavy (non-hydrogen) atoms. The van der Waals surface area contributed by atoms with E-state index in [-0.39, 0.29) is 11.8 Å². The fraction of sp³-hybridized carbons (Fsp3) is 0.562. The largest absolute Gasteiger partial charge is 0.326 e. The summed E-state index contributed by atoms with van der Waals surface area (Å²) in [5.74, 6) is -0.373. The lowest BCUT2D eigenvalue weighted by atomic mass is 10.1. The Morgan fingerprint density at radius 3 is 2.67 bits per heavy atom. The van der Waals surface area contributed by atoms with E-state index in [1.165, 1.54) is 37.9 Å². The quantitative estimate of drug-likeness (QED) is 0.853. The summed E-state index contributed by atoms with van der Waals surface area (Å²) in [6.07, 6.45) is 4.44. The van der Waals surface area contributed by atoms with Crippen LogP contribution in [0.1, 0.15) is 31.2 Å². The predicted octanol–water partition coefficient (Wildman–Crippen LogP) is 3.80. The maximum absolute atomic E-state index is 12.0. The van der Waals surface area contributed by atoms with Crippen LogP contribution in [0, 0.1) is 5.92 Å². The Morgan fingerprint density at radius 2 is 2.00 bits per heavy atom. The fourth-order valence-corrected chi connectivity index (χ4v) is 3.36. The third-order valence-electron chi connectivity index (χ3n) is 4.19. The van der Waals surface area contributed by atoms with E-state index in [0.717, 1.165) is 12.2 Å². The number of benzene rings is 1. The molecule has 1 aliphatic carbocycles. The van der Waals surface area contributed by atoms with Crippen molar-refractivity contribution in [2.24, 2.45) is 5.92 Å². The van der Waals surface area contributed by atoms with E-state index in [0.29, 0.717) is 6.42 Å². The molecule has 114 valence electrons. The zero-order chi connectivity index (χ0) is 14.9. The molecule has 0 bridgehead atoms. The minimum Gasteiger partial charge on any atom is -0.326 e. The van der Waals surface area contributed by atoms with E-state index in [2.05, 4.69) is 16.3 Å². The molecule has 1 atom stereocenters. The molecule has 0 aromatic heterocycles. The molecule has 1 unspecified atom stereocenters. The molecular weight excluding hydrogens is 307 g/mol. The maximum Gasteiger partial charge on any atom is 0.230 e. The van der Waals surface area contributed by atoms with Gasteiger partial charge in [-0.05, 0) is 50.0 Å². The average molecular weight is 327 g/mol. The highest BCUT2D eigenvalue weighted by atomic mass is 35.5. The summed E-state index contributed by atoms with van der Waals surface area (Å²) in [6.45, 7) is 3.28. The van der Waals surface area contributed by atoms with Gasteiger partial charge in [-0.3, -0.25) is 9.69 Å². The number of likely N-dealkylation sites (tertiary alicyclic amines) is 1. The SMILES string of the molecule is O=C(Nc1cccc(CN2CCCCC2)c1)C1CC1(Cl)Cl. The summed E-state index contributed by atoms with van der Waals surface area (Å²) < 4.78 is -0.866. The Labute approximate surface area is 135 Å². The molecule has 0 spiro atoms. The summed E-state index contributed by atoms with van der Waals surface area (Å²) in [5, 5.41) is 2.91. The first kappa shape index (κ1) is 15.1. The van der Waals surface area contributed by atoms with Gasteiger partial charge in [0.05, 0.1) is 5.92 Å². The van der Waals surface area contributed by atoms with E-state index in [1.54, 1.807) is 0 Å².